The summed E-state index contributed by atoms with van der Waals surface area (Å²) in [5, 5.41) is 3.65. The lowest BCUT2D eigenvalue weighted by Gasteiger charge is -2.17. The van der Waals surface area contributed by atoms with Gasteiger partial charge in [-0.05, 0) is 87.7 Å². The molecule has 0 saturated carbocycles. The Hall–Kier alpha value is 0.0900. The van der Waals surface area contributed by atoms with Gasteiger partial charge in [0.2, 0.25) is 0 Å². The molecule has 1 atom stereocenters. The minimum Gasteiger partial charge on any atom is -0.306 e. The highest BCUT2D eigenvalue weighted by molar-refractivity contribution is 14.1. The largest absolute Gasteiger partial charge is 0.306 e. The Morgan fingerprint density at radius 2 is 2.00 bits per heavy atom. The summed E-state index contributed by atoms with van der Waals surface area (Å²) in [4.78, 5) is 1.37. The first-order valence-corrected chi connectivity index (χ1v) is 9.05. The molecule has 1 aromatic carbocycles. The van der Waals surface area contributed by atoms with Crippen LogP contribution < -0.4 is 5.32 Å². The van der Waals surface area contributed by atoms with E-state index in [0.29, 0.717) is 6.04 Å². The molecule has 102 valence electrons. The van der Waals surface area contributed by atoms with Crippen LogP contribution in [0.25, 0.3) is 0 Å². The van der Waals surface area contributed by atoms with Gasteiger partial charge < -0.3 is 5.32 Å². The summed E-state index contributed by atoms with van der Waals surface area (Å²) < 4.78 is 2.51. The fraction of sp³-hybridized carbons (Fsp3) is 0.333. The molecule has 0 bridgehead atoms. The third-order valence-electron chi connectivity index (χ3n) is 2.96. The Kier molecular flexibility index (Phi) is 5.87. The first-order chi connectivity index (χ1) is 9.11. The number of rotatable bonds is 5. The van der Waals surface area contributed by atoms with Gasteiger partial charge in [0, 0.05) is 8.45 Å². The molecule has 1 unspecified atom stereocenters. The van der Waals surface area contributed by atoms with Crippen LogP contribution in [0.15, 0.2) is 34.1 Å². The van der Waals surface area contributed by atoms with Gasteiger partial charge in [-0.2, -0.15) is 0 Å². The van der Waals surface area contributed by atoms with Crippen LogP contribution in [0.5, 0.6) is 0 Å². The number of halogens is 2. The van der Waals surface area contributed by atoms with Crippen LogP contribution in [0.2, 0.25) is 0 Å². The average molecular weight is 450 g/mol. The van der Waals surface area contributed by atoms with Crippen molar-refractivity contribution in [3.8, 4) is 0 Å². The van der Waals surface area contributed by atoms with Gasteiger partial charge in [-0.3, -0.25) is 0 Å². The van der Waals surface area contributed by atoms with Crippen molar-refractivity contribution in [3.05, 3.63) is 53.7 Å². The predicted molar refractivity (Wildman–Crippen MR) is 96.1 cm³/mol. The first kappa shape index (κ1) is 15.5. The van der Waals surface area contributed by atoms with E-state index in [1.54, 1.807) is 0 Å². The highest BCUT2D eigenvalue weighted by Gasteiger charge is 2.16. The summed E-state index contributed by atoms with van der Waals surface area (Å²) in [6.45, 7) is 5.38. The SMILES string of the molecule is CCCNC(c1ccc(I)cc1)c1cc(C)c(Br)s1. The molecule has 0 aliphatic carbocycles. The number of benzene rings is 1. The monoisotopic (exact) mass is 449 g/mol. The molecule has 0 radical (unpaired) electrons. The van der Waals surface area contributed by atoms with E-state index in [0.717, 1.165) is 13.0 Å². The quantitative estimate of drug-likeness (QED) is 0.593. The van der Waals surface area contributed by atoms with Crippen molar-refractivity contribution < 1.29 is 0 Å². The molecular weight excluding hydrogens is 433 g/mol. The average Bonchev–Trinajstić information content (AvgIpc) is 2.72. The third kappa shape index (κ3) is 4.03. The topological polar surface area (TPSA) is 12.0 Å². The van der Waals surface area contributed by atoms with E-state index in [-0.39, 0.29) is 0 Å². The molecule has 0 fully saturated rings. The number of thiophene rings is 1. The Balaban J connectivity index is 2.32. The molecule has 0 aliphatic heterocycles. The number of aryl methyl sites for hydroxylation is 1. The van der Waals surface area contributed by atoms with Gasteiger partial charge in [-0.15, -0.1) is 11.3 Å². The molecule has 0 amide bonds. The zero-order valence-electron chi connectivity index (χ0n) is 11.0. The van der Waals surface area contributed by atoms with Crippen LogP contribution in [0.3, 0.4) is 0 Å². The molecule has 4 heteroatoms. The fourth-order valence-corrected chi connectivity index (χ4v) is 3.99. The molecule has 1 N–H and O–H groups in total. The second-order valence-electron chi connectivity index (χ2n) is 4.54. The van der Waals surface area contributed by atoms with Crippen LogP contribution in [0, 0.1) is 10.5 Å². The predicted octanol–water partition coefficient (Wildman–Crippen LogP) is 5.51. The highest BCUT2D eigenvalue weighted by atomic mass is 127. The number of nitrogens with one attached hydrogen (secondary N) is 1. The summed E-state index contributed by atoms with van der Waals surface area (Å²) in [5.74, 6) is 0. The molecule has 0 aliphatic rings. The number of hydrogen-bond donors (Lipinski definition) is 1. The standard InChI is InChI=1S/C15H17BrINS/c1-3-8-18-14(11-4-6-12(17)7-5-11)13-9-10(2)15(16)19-13/h4-7,9,14,18H,3,8H2,1-2H3. The maximum absolute atomic E-state index is 3.65. The lowest BCUT2D eigenvalue weighted by molar-refractivity contribution is 0.605. The van der Waals surface area contributed by atoms with E-state index in [4.69, 9.17) is 0 Å². The normalized spacial score (nSPS) is 12.6. The zero-order valence-corrected chi connectivity index (χ0v) is 15.6. The van der Waals surface area contributed by atoms with Crippen molar-refractivity contribution >= 4 is 49.9 Å². The van der Waals surface area contributed by atoms with Crippen molar-refractivity contribution in [2.75, 3.05) is 6.54 Å². The molecule has 0 saturated heterocycles. The Bertz CT molecular complexity index is 516. The lowest BCUT2D eigenvalue weighted by atomic mass is 10.0. The van der Waals surface area contributed by atoms with Crippen LogP contribution in [-0.4, -0.2) is 6.54 Å². The zero-order chi connectivity index (χ0) is 13.8. The molecular formula is C15H17BrINS. The minimum atomic E-state index is 0.298. The van der Waals surface area contributed by atoms with Crippen molar-refractivity contribution in [2.24, 2.45) is 0 Å². The summed E-state index contributed by atoms with van der Waals surface area (Å²) in [5.41, 5.74) is 2.65. The van der Waals surface area contributed by atoms with E-state index in [1.165, 1.54) is 23.4 Å². The van der Waals surface area contributed by atoms with Gasteiger partial charge in [0.05, 0.1) is 9.83 Å². The number of hydrogen-bond acceptors (Lipinski definition) is 2. The molecule has 19 heavy (non-hydrogen) atoms. The Labute approximate surface area is 141 Å². The molecule has 1 nitrogen and oxygen atoms in total. The molecule has 0 spiro atoms. The van der Waals surface area contributed by atoms with E-state index in [9.17, 15) is 0 Å². The third-order valence-corrected chi connectivity index (χ3v) is 5.88. The van der Waals surface area contributed by atoms with Gasteiger partial charge in [-0.1, -0.05) is 19.1 Å². The van der Waals surface area contributed by atoms with Crippen molar-refractivity contribution in [3.63, 3.8) is 0 Å². The van der Waals surface area contributed by atoms with Gasteiger partial charge in [0.15, 0.2) is 0 Å². The van der Waals surface area contributed by atoms with Gasteiger partial charge in [0.1, 0.15) is 0 Å². The van der Waals surface area contributed by atoms with E-state index in [2.05, 4.69) is 88.0 Å². The highest BCUT2D eigenvalue weighted by Crippen LogP contribution is 2.34. The lowest BCUT2D eigenvalue weighted by Crippen LogP contribution is -2.22. The van der Waals surface area contributed by atoms with Gasteiger partial charge in [0.25, 0.3) is 0 Å². The molecule has 2 aromatic rings. The maximum Gasteiger partial charge on any atom is 0.0731 e. The van der Waals surface area contributed by atoms with Crippen LogP contribution >= 0.6 is 49.9 Å². The first-order valence-electron chi connectivity index (χ1n) is 6.36. The van der Waals surface area contributed by atoms with Crippen LogP contribution in [0.1, 0.15) is 35.4 Å². The fourth-order valence-electron chi connectivity index (χ4n) is 1.95. The molecule has 1 heterocycles. The Morgan fingerprint density at radius 3 is 2.53 bits per heavy atom. The van der Waals surface area contributed by atoms with Crippen LogP contribution in [0.4, 0.5) is 0 Å². The summed E-state index contributed by atoms with van der Waals surface area (Å²) in [6.07, 6.45) is 1.15. The second-order valence-corrected chi connectivity index (χ2v) is 8.19. The van der Waals surface area contributed by atoms with E-state index < -0.39 is 0 Å². The van der Waals surface area contributed by atoms with Gasteiger partial charge >= 0.3 is 0 Å². The van der Waals surface area contributed by atoms with E-state index >= 15 is 0 Å². The molecule has 2 rings (SSSR count). The van der Waals surface area contributed by atoms with Crippen molar-refractivity contribution in [1.82, 2.24) is 5.32 Å². The van der Waals surface area contributed by atoms with E-state index in [1.807, 2.05) is 11.3 Å². The summed E-state index contributed by atoms with van der Waals surface area (Å²) in [7, 11) is 0. The van der Waals surface area contributed by atoms with Crippen LogP contribution in [-0.2, 0) is 0 Å². The minimum absolute atomic E-state index is 0.298. The molecule has 1 aromatic heterocycles. The maximum atomic E-state index is 3.65. The second kappa shape index (κ2) is 7.20. The summed E-state index contributed by atoms with van der Waals surface area (Å²) in [6, 6.07) is 11.4. The van der Waals surface area contributed by atoms with Crippen molar-refractivity contribution in [2.45, 2.75) is 26.3 Å². The van der Waals surface area contributed by atoms with Crippen molar-refractivity contribution in [1.29, 1.82) is 0 Å². The summed E-state index contributed by atoms with van der Waals surface area (Å²) >= 11 is 7.80. The van der Waals surface area contributed by atoms with Gasteiger partial charge in [-0.25, -0.2) is 0 Å². The Morgan fingerprint density at radius 1 is 1.32 bits per heavy atom. The smallest absolute Gasteiger partial charge is 0.0731 e.